The number of nitrogens with one attached hydrogen (secondary N) is 1. The molecule has 132 valence electrons. The third-order valence-corrected chi connectivity index (χ3v) is 3.96. The van der Waals surface area contributed by atoms with E-state index in [2.05, 4.69) is 5.32 Å². The average molecular weight is 367 g/mol. The van der Waals surface area contributed by atoms with E-state index in [1.54, 1.807) is 24.3 Å². The van der Waals surface area contributed by atoms with Gasteiger partial charge in [0, 0.05) is 25.2 Å². The molecule has 0 spiro atoms. The lowest BCUT2D eigenvalue weighted by Crippen LogP contribution is -2.45. The zero-order valence-corrected chi connectivity index (χ0v) is 14.5. The molecule has 0 saturated heterocycles. The van der Waals surface area contributed by atoms with Crippen molar-refractivity contribution in [3.8, 4) is 0 Å². The highest BCUT2D eigenvalue weighted by molar-refractivity contribution is 6.33. The maximum atomic E-state index is 13.7. The molecule has 2 aromatic rings. The van der Waals surface area contributed by atoms with Crippen LogP contribution in [-0.2, 0) is 11.3 Å². The number of rotatable bonds is 5. The summed E-state index contributed by atoms with van der Waals surface area (Å²) >= 11 is 5.95. The van der Waals surface area contributed by atoms with Crippen molar-refractivity contribution in [1.82, 2.24) is 10.2 Å². The van der Waals surface area contributed by atoms with Crippen LogP contribution in [0, 0.1) is 11.6 Å². The van der Waals surface area contributed by atoms with E-state index in [1.165, 1.54) is 24.9 Å². The second-order valence-corrected chi connectivity index (χ2v) is 6.01. The number of nitrogens with zero attached hydrogens (tertiary/aromatic N) is 1. The highest BCUT2D eigenvalue weighted by Gasteiger charge is 2.22. The van der Waals surface area contributed by atoms with Crippen molar-refractivity contribution >= 4 is 23.4 Å². The number of carbonyl (C=O) groups excluding carboxylic acids is 2. The van der Waals surface area contributed by atoms with E-state index in [-0.39, 0.29) is 22.7 Å². The Balaban J connectivity index is 2.01. The van der Waals surface area contributed by atoms with Crippen molar-refractivity contribution in [2.45, 2.75) is 19.5 Å². The van der Waals surface area contributed by atoms with Crippen molar-refractivity contribution in [2.75, 3.05) is 7.05 Å². The second-order valence-electron chi connectivity index (χ2n) is 5.61. The maximum Gasteiger partial charge on any atom is 0.253 e. The van der Waals surface area contributed by atoms with E-state index in [0.29, 0.717) is 0 Å². The lowest BCUT2D eigenvalue weighted by atomic mass is 10.1. The zero-order chi connectivity index (χ0) is 18.6. The van der Waals surface area contributed by atoms with E-state index >= 15 is 0 Å². The molecule has 0 fully saturated rings. The Labute approximate surface area is 149 Å². The predicted octanol–water partition coefficient (Wildman–Crippen LogP) is 3.40. The van der Waals surface area contributed by atoms with Crippen LogP contribution in [0.2, 0.25) is 5.02 Å². The Bertz CT molecular complexity index is 798. The molecule has 7 heteroatoms. The van der Waals surface area contributed by atoms with Crippen molar-refractivity contribution in [2.24, 2.45) is 0 Å². The van der Waals surface area contributed by atoms with Gasteiger partial charge in [-0.2, -0.15) is 0 Å². The average Bonchev–Trinajstić information content (AvgIpc) is 2.56. The summed E-state index contributed by atoms with van der Waals surface area (Å²) in [6, 6.07) is 8.81. The zero-order valence-electron chi connectivity index (χ0n) is 13.7. The molecule has 0 aliphatic rings. The molecule has 0 heterocycles. The lowest BCUT2D eigenvalue weighted by molar-refractivity contribution is -0.132. The largest absolute Gasteiger partial charge is 0.340 e. The minimum atomic E-state index is -0.836. The first-order valence-corrected chi connectivity index (χ1v) is 7.91. The summed E-state index contributed by atoms with van der Waals surface area (Å²) in [5.41, 5.74) is 0.443. The van der Waals surface area contributed by atoms with Crippen LogP contribution in [0.5, 0.6) is 0 Å². The lowest BCUT2D eigenvalue weighted by Gasteiger charge is -2.22. The maximum absolute atomic E-state index is 13.7. The summed E-state index contributed by atoms with van der Waals surface area (Å²) < 4.78 is 26.6. The van der Waals surface area contributed by atoms with Gasteiger partial charge in [0.05, 0.1) is 10.6 Å². The molecule has 0 bridgehead atoms. The first kappa shape index (κ1) is 18.9. The van der Waals surface area contributed by atoms with E-state index in [1.807, 2.05) is 0 Å². The highest BCUT2D eigenvalue weighted by Crippen LogP contribution is 2.15. The molecule has 2 amide bonds. The molecule has 0 aromatic heterocycles. The third-order valence-electron chi connectivity index (χ3n) is 3.64. The normalized spacial score (nSPS) is 11.7. The van der Waals surface area contributed by atoms with Crippen LogP contribution in [0.4, 0.5) is 8.78 Å². The molecule has 1 atom stereocenters. The standard InChI is InChI=1S/C18H17ClF2N2O2/c1-11(22-17(24)14-5-3-4-6-15(14)19)18(25)23(2)10-12-7-8-13(20)9-16(12)21/h3-9,11H,10H2,1-2H3,(H,22,24). The van der Waals surface area contributed by atoms with E-state index in [4.69, 9.17) is 11.6 Å². The summed E-state index contributed by atoms with van der Waals surface area (Å²) in [5, 5.41) is 2.84. The predicted molar refractivity (Wildman–Crippen MR) is 91.2 cm³/mol. The molecule has 1 unspecified atom stereocenters. The van der Waals surface area contributed by atoms with Crippen molar-refractivity contribution in [3.05, 3.63) is 70.2 Å². The molecular weight excluding hydrogens is 350 g/mol. The number of amides is 2. The van der Waals surface area contributed by atoms with Gasteiger partial charge in [0.2, 0.25) is 5.91 Å². The number of carbonyl (C=O) groups is 2. The summed E-state index contributed by atoms with van der Waals surface area (Å²) in [7, 11) is 1.48. The molecule has 25 heavy (non-hydrogen) atoms. The van der Waals surface area contributed by atoms with Crippen LogP contribution in [0.25, 0.3) is 0 Å². The monoisotopic (exact) mass is 366 g/mol. The van der Waals surface area contributed by atoms with Crippen LogP contribution in [0.1, 0.15) is 22.8 Å². The molecule has 0 aliphatic carbocycles. The van der Waals surface area contributed by atoms with Crippen LogP contribution >= 0.6 is 11.6 Å². The molecule has 2 rings (SSSR count). The van der Waals surface area contributed by atoms with E-state index in [0.717, 1.165) is 12.1 Å². The molecule has 2 aromatic carbocycles. The van der Waals surface area contributed by atoms with Gasteiger partial charge < -0.3 is 10.2 Å². The summed E-state index contributed by atoms with van der Waals surface area (Å²) in [6.45, 7) is 1.48. The Morgan fingerprint density at radius 1 is 1.20 bits per heavy atom. The van der Waals surface area contributed by atoms with Crippen LogP contribution < -0.4 is 5.32 Å². The Morgan fingerprint density at radius 2 is 1.88 bits per heavy atom. The molecule has 0 saturated carbocycles. The Morgan fingerprint density at radius 3 is 2.52 bits per heavy atom. The van der Waals surface area contributed by atoms with Gasteiger partial charge >= 0.3 is 0 Å². The van der Waals surface area contributed by atoms with Gasteiger partial charge in [0.1, 0.15) is 17.7 Å². The molecular formula is C18H17ClF2N2O2. The number of likely N-dealkylation sites (N-methyl/N-ethyl adjacent to an activating group) is 1. The number of hydrogen-bond acceptors (Lipinski definition) is 2. The van der Waals surface area contributed by atoms with Gasteiger partial charge in [0.25, 0.3) is 5.91 Å². The summed E-state index contributed by atoms with van der Waals surface area (Å²) in [6.07, 6.45) is 0. The third kappa shape index (κ3) is 4.76. The summed E-state index contributed by atoms with van der Waals surface area (Å²) in [5.74, 6) is -2.31. The van der Waals surface area contributed by atoms with Gasteiger partial charge in [-0.25, -0.2) is 8.78 Å². The molecule has 1 N–H and O–H groups in total. The van der Waals surface area contributed by atoms with Crippen molar-refractivity contribution in [3.63, 3.8) is 0 Å². The Kier molecular flexibility index (Phi) is 6.09. The number of halogens is 3. The quantitative estimate of drug-likeness (QED) is 0.881. The highest BCUT2D eigenvalue weighted by atomic mass is 35.5. The van der Waals surface area contributed by atoms with Crippen molar-refractivity contribution < 1.29 is 18.4 Å². The summed E-state index contributed by atoms with van der Waals surface area (Å²) in [4.78, 5) is 25.8. The van der Waals surface area contributed by atoms with Crippen LogP contribution in [0.15, 0.2) is 42.5 Å². The fourth-order valence-corrected chi connectivity index (χ4v) is 2.52. The van der Waals surface area contributed by atoms with Gasteiger partial charge in [-0.3, -0.25) is 9.59 Å². The van der Waals surface area contributed by atoms with Crippen LogP contribution in [0.3, 0.4) is 0 Å². The van der Waals surface area contributed by atoms with Crippen molar-refractivity contribution in [1.29, 1.82) is 0 Å². The van der Waals surface area contributed by atoms with E-state index < -0.39 is 29.5 Å². The minimum absolute atomic E-state index is 0.0444. The second kappa shape index (κ2) is 8.07. The first-order chi connectivity index (χ1) is 11.8. The van der Waals surface area contributed by atoms with Gasteiger partial charge in [-0.15, -0.1) is 0 Å². The van der Waals surface area contributed by atoms with Gasteiger partial charge in [-0.1, -0.05) is 29.8 Å². The Hall–Kier alpha value is -2.47. The topological polar surface area (TPSA) is 49.4 Å². The molecule has 0 radical (unpaired) electrons. The van der Waals surface area contributed by atoms with E-state index in [9.17, 15) is 18.4 Å². The molecule has 4 nitrogen and oxygen atoms in total. The fraction of sp³-hybridized carbons (Fsp3) is 0.222. The number of benzene rings is 2. The van der Waals surface area contributed by atoms with Gasteiger partial charge in [0.15, 0.2) is 0 Å². The number of hydrogen-bond donors (Lipinski definition) is 1. The fourth-order valence-electron chi connectivity index (χ4n) is 2.30. The van der Waals surface area contributed by atoms with Gasteiger partial charge in [-0.05, 0) is 25.1 Å². The SMILES string of the molecule is CC(NC(=O)c1ccccc1Cl)C(=O)N(C)Cc1ccc(F)cc1F. The first-order valence-electron chi connectivity index (χ1n) is 7.54. The van der Waals surface area contributed by atoms with Crippen LogP contribution in [-0.4, -0.2) is 29.8 Å². The smallest absolute Gasteiger partial charge is 0.253 e. The minimum Gasteiger partial charge on any atom is -0.340 e. The molecule has 0 aliphatic heterocycles.